The fourth-order valence-corrected chi connectivity index (χ4v) is 1.94. The highest BCUT2D eigenvalue weighted by Crippen LogP contribution is 2.27. The Morgan fingerprint density at radius 2 is 2.33 bits per heavy atom. The summed E-state index contributed by atoms with van der Waals surface area (Å²) in [4.78, 5) is 10.8. The summed E-state index contributed by atoms with van der Waals surface area (Å²) in [6, 6.07) is 0. The molecule has 1 rings (SSSR count). The molecule has 0 aromatic rings. The van der Waals surface area contributed by atoms with Crippen molar-refractivity contribution in [2.24, 2.45) is 5.92 Å². The first-order valence-corrected chi connectivity index (χ1v) is 4.60. The quantitative estimate of drug-likeness (QED) is 0.467. The molecule has 2 heteroatoms. The lowest BCUT2D eigenvalue weighted by Crippen LogP contribution is -2.22. The van der Waals surface area contributed by atoms with Crippen LogP contribution in [0.1, 0.15) is 26.2 Å². The molecule has 0 heterocycles. The lowest BCUT2D eigenvalue weighted by molar-refractivity contribution is -0.120. The molecule has 9 heavy (non-hydrogen) atoms. The summed E-state index contributed by atoms with van der Waals surface area (Å²) in [5, 5.41) is 0. The highest BCUT2D eigenvalue weighted by Gasteiger charge is 2.22. The summed E-state index contributed by atoms with van der Waals surface area (Å²) < 4.78 is 0.601. The topological polar surface area (TPSA) is 17.1 Å². The summed E-state index contributed by atoms with van der Waals surface area (Å²) >= 11 is 2.38. The molecule has 1 saturated carbocycles. The molecule has 1 aliphatic carbocycles. The van der Waals surface area contributed by atoms with Crippen LogP contribution in [0.4, 0.5) is 0 Å². The summed E-state index contributed by atoms with van der Waals surface area (Å²) in [6.45, 7) is 2.23. The normalized spacial score (nSPS) is 36.9. The Kier molecular flexibility index (Phi) is 2.50. The van der Waals surface area contributed by atoms with Gasteiger partial charge in [-0.2, -0.15) is 0 Å². The van der Waals surface area contributed by atoms with E-state index in [1.54, 1.807) is 0 Å². The average Bonchev–Trinajstić information content (AvgIpc) is 1.80. The van der Waals surface area contributed by atoms with Gasteiger partial charge in [-0.3, -0.25) is 4.79 Å². The number of carbonyl (C=O) groups is 1. The van der Waals surface area contributed by atoms with Gasteiger partial charge in [-0.05, 0) is 12.3 Å². The van der Waals surface area contributed by atoms with Gasteiger partial charge in [-0.15, -0.1) is 0 Å². The Hall–Kier alpha value is 0.400. The van der Waals surface area contributed by atoms with Gasteiger partial charge >= 0.3 is 0 Å². The number of Topliss-reactive ketones (excluding diaryl/α,β-unsaturated/α-hetero) is 1. The second-order valence-electron chi connectivity index (χ2n) is 2.77. The van der Waals surface area contributed by atoms with E-state index in [2.05, 4.69) is 29.5 Å². The lowest BCUT2D eigenvalue weighted by atomic mass is 9.90. The zero-order valence-corrected chi connectivity index (χ0v) is 7.72. The van der Waals surface area contributed by atoms with E-state index in [9.17, 15) is 4.79 Å². The van der Waals surface area contributed by atoms with E-state index in [0.717, 1.165) is 25.2 Å². The molecule has 52 valence electrons. The highest BCUT2D eigenvalue weighted by atomic mass is 127. The van der Waals surface area contributed by atoms with Crippen LogP contribution in [0.3, 0.4) is 0 Å². The molecule has 1 fully saturated rings. The summed E-state index contributed by atoms with van der Waals surface area (Å²) in [5.74, 6) is 1.20. The van der Waals surface area contributed by atoms with Gasteiger partial charge in [-0.1, -0.05) is 29.5 Å². The SMILES string of the molecule is CC1CCC(=O)CC1I. The molecule has 0 saturated heterocycles. The maximum atomic E-state index is 10.8. The van der Waals surface area contributed by atoms with E-state index in [1.165, 1.54) is 0 Å². The van der Waals surface area contributed by atoms with E-state index >= 15 is 0 Å². The van der Waals surface area contributed by atoms with Crippen LogP contribution in [0.2, 0.25) is 0 Å². The minimum Gasteiger partial charge on any atom is -0.300 e. The Bertz CT molecular complexity index is 122. The van der Waals surface area contributed by atoms with Crippen molar-refractivity contribution in [3.8, 4) is 0 Å². The predicted octanol–water partition coefficient (Wildman–Crippen LogP) is 2.18. The van der Waals surface area contributed by atoms with Gasteiger partial charge < -0.3 is 0 Å². The van der Waals surface area contributed by atoms with Crippen LogP contribution >= 0.6 is 22.6 Å². The predicted molar refractivity (Wildman–Crippen MR) is 45.8 cm³/mol. The number of carbonyl (C=O) groups excluding carboxylic acids is 1. The van der Waals surface area contributed by atoms with Gasteiger partial charge in [0.1, 0.15) is 5.78 Å². The van der Waals surface area contributed by atoms with E-state index in [1.807, 2.05) is 0 Å². The maximum Gasteiger partial charge on any atom is 0.133 e. The molecule has 0 N–H and O–H groups in total. The van der Waals surface area contributed by atoms with Crippen molar-refractivity contribution in [2.45, 2.75) is 30.1 Å². The molecule has 0 amide bonds. The van der Waals surface area contributed by atoms with Crippen LogP contribution in [0.5, 0.6) is 0 Å². The maximum absolute atomic E-state index is 10.8. The van der Waals surface area contributed by atoms with Gasteiger partial charge in [0, 0.05) is 16.8 Å². The summed E-state index contributed by atoms with van der Waals surface area (Å²) in [7, 11) is 0. The Morgan fingerprint density at radius 1 is 1.67 bits per heavy atom. The van der Waals surface area contributed by atoms with Crippen LogP contribution in [0.15, 0.2) is 0 Å². The van der Waals surface area contributed by atoms with Gasteiger partial charge in [0.25, 0.3) is 0 Å². The average molecular weight is 238 g/mol. The summed E-state index contributed by atoms with van der Waals surface area (Å²) in [5.41, 5.74) is 0. The molecule has 2 unspecified atom stereocenters. The van der Waals surface area contributed by atoms with Gasteiger partial charge in [0.05, 0.1) is 0 Å². The van der Waals surface area contributed by atoms with Crippen LogP contribution in [-0.2, 0) is 4.79 Å². The second-order valence-corrected chi connectivity index (χ2v) is 4.37. The molecule has 1 nitrogen and oxygen atoms in total. The van der Waals surface area contributed by atoms with Crippen molar-refractivity contribution in [3.05, 3.63) is 0 Å². The molecule has 2 atom stereocenters. The van der Waals surface area contributed by atoms with Gasteiger partial charge in [-0.25, -0.2) is 0 Å². The van der Waals surface area contributed by atoms with Gasteiger partial charge in [0.2, 0.25) is 0 Å². The molecule has 0 spiro atoms. The molecular weight excluding hydrogens is 227 g/mol. The molecule has 0 aliphatic heterocycles. The van der Waals surface area contributed by atoms with Crippen molar-refractivity contribution in [1.82, 2.24) is 0 Å². The smallest absolute Gasteiger partial charge is 0.133 e. The zero-order valence-electron chi connectivity index (χ0n) is 5.56. The Morgan fingerprint density at radius 3 is 2.78 bits per heavy atom. The van der Waals surface area contributed by atoms with Crippen molar-refractivity contribution >= 4 is 28.4 Å². The van der Waals surface area contributed by atoms with E-state index < -0.39 is 0 Å². The number of ketones is 1. The molecule has 0 radical (unpaired) electrons. The van der Waals surface area contributed by atoms with Crippen LogP contribution < -0.4 is 0 Å². The fraction of sp³-hybridized carbons (Fsp3) is 0.857. The van der Waals surface area contributed by atoms with Crippen LogP contribution in [0, 0.1) is 5.92 Å². The number of alkyl halides is 1. The third-order valence-electron chi connectivity index (χ3n) is 1.92. The van der Waals surface area contributed by atoms with Crippen molar-refractivity contribution < 1.29 is 4.79 Å². The minimum atomic E-state index is 0.451. The first-order chi connectivity index (χ1) is 4.20. The van der Waals surface area contributed by atoms with E-state index in [-0.39, 0.29) is 0 Å². The standard InChI is InChI=1S/C7H11IO/c1-5-2-3-6(9)4-7(5)8/h5,7H,2-4H2,1H3. The van der Waals surface area contributed by atoms with Gasteiger partial charge in [0.15, 0.2) is 0 Å². The lowest BCUT2D eigenvalue weighted by Gasteiger charge is -2.22. The third kappa shape index (κ3) is 1.92. The number of rotatable bonds is 0. The Balaban J connectivity index is 2.44. The van der Waals surface area contributed by atoms with Crippen LogP contribution in [-0.4, -0.2) is 9.71 Å². The number of hydrogen-bond donors (Lipinski definition) is 0. The number of halogens is 1. The fourth-order valence-electron chi connectivity index (χ4n) is 1.09. The highest BCUT2D eigenvalue weighted by molar-refractivity contribution is 14.1. The third-order valence-corrected chi connectivity index (χ3v) is 3.59. The van der Waals surface area contributed by atoms with Crippen molar-refractivity contribution in [3.63, 3.8) is 0 Å². The monoisotopic (exact) mass is 238 g/mol. The largest absolute Gasteiger partial charge is 0.300 e. The van der Waals surface area contributed by atoms with Crippen molar-refractivity contribution in [1.29, 1.82) is 0 Å². The summed E-state index contributed by atoms with van der Waals surface area (Å²) in [6.07, 6.45) is 2.73. The first-order valence-electron chi connectivity index (χ1n) is 3.36. The second kappa shape index (κ2) is 2.99. The zero-order chi connectivity index (χ0) is 6.85. The van der Waals surface area contributed by atoms with Crippen molar-refractivity contribution in [2.75, 3.05) is 0 Å². The van der Waals surface area contributed by atoms with Crippen LogP contribution in [0.25, 0.3) is 0 Å². The molecular formula is C7H11IO. The number of hydrogen-bond acceptors (Lipinski definition) is 1. The molecule has 0 aromatic carbocycles. The first kappa shape index (κ1) is 7.51. The molecule has 1 aliphatic rings. The minimum absolute atomic E-state index is 0.451. The van der Waals surface area contributed by atoms with E-state index in [0.29, 0.717) is 9.71 Å². The van der Waals surface area contributed by atoms with E-state index in [4.69, 9.17) is 0 Å². The Labute approximate surface area is 69.3 Å². The molecule has 0 bridgehead atoms. The molecule has 0 aromatic heterocycles.